The second-order valence-corrected chi connectivity index (χ2v) is 4.35. The number of pyridine rings is 1. The van der Waals surface area contributed by atoms with Gasteiger partial charge in [0.05, 0.1) is 11.7 Å². The lowest BCUT2D eigenvalue weighted by Crippen LogP contribution is -2.28. The molecule has 0 aromatic carbocycles. The van der Waals surface area contributed by atoms with Crippen LogP contribution in [0.15, 0.2) is 12.3 Å². The van der Waals surface area contributed by atoms with Crippen LogP contribution in [0, 0.1) is 5.82 Å². The molecule has 1 saturated heterocycles. The molecule has 0 spiro atoms. The zero-order valence-electron chi connectivity index (χ0n) is 10.5. The minimum absolute atomic E-state index is 0.0738. The van der Waals surface area contributed by atoms with E-state index < -0.39 is 11.7 Å². The normalized spacial score (nSPS) is 18.3. The van der Waals surface area contributed by atoms with Crippen molar-refractivity contribution in [3.63, 3.8) is 0 Å². The average molecular weight is 268 g/mol. The van der Waals surface area contributed by atoms with Gasteiger partial charge in [-0.05, 0) is 25.3 Å². The summed E-state index contributed by atoms with van der Waals surface area (Å²) in [5.74, 6) is 3.73. The van der Waals surface area contributed by atoms with Crippen LogP contribution >= 0.6 is 0 Å². The van der Waals surface area contributed by atoms with Gasteiger partial charge in [0.25, 0.3) is 5.91 Å². The first-order chi connectivity index (χ1) is 9.22. The second-order valence-electron chi connectivity index (χ2n) is 4.35. The lowest BCUT2D eigenvalue weighted by molar-refractivity contribution is 0.0904. The Morgan fingerprint density at radius 1 is 1.63 bits per heavy atom. The van der Waals surface area contributed by atoms with Crippen LogP contribution in [0.2, 0.25) is 0 Å². The minimum Gasteiger partial charge on any atom is -0.378 e. The quantitative estimate of drug-likeness (QED) is 0.543. The Morgan fingerprint density at radius 2 is 2.47 bits per heavy atom. The van der Waals surface area contributed by atoms with Gasteiger partial charge in [-0.1, -0.05) is 0 Å². The number of nitrogen functional groups attached to an aromatic ring is 1. The van der Waals surface area contributed by atoms with Gasteiger partial charge in [-0.2, -0.15) is 0 Å². The Bertz CT molecular complexity index is 449. The molecule has 1 amide bonds. The molecule has 1 aliphatic heterocycles. The number of ether oxygens (including phenoxy) is 1. The van der Waals surface area contributed by atoms with Crippen molar-refractivity contribution in [2.45, 2.75) is 25.4 Å². The molecule has 0 saturated carbocycles. The summed E-state index contributed by atoms with van der Waals surface area (Å²) in [5, 5.41) is 2.66. The predicted molar refractivity (Wildman–Crippen MR) is 67.9 cm³/mol. The fraction of sp³-hybridized carbons (Fsp3) is 0.500. The van der Waals surface area contributed by atoms with E-state index in [2.05, 4.69) is 15.7 Å². The summed E-state index contributed by atoms with van der Waals surface area (Å²) in [6, 6.07) is 1.32. The fourth-order valence-electron chi connectivity index (χ4n) is 2.03. The Balaban J connectivity index is 1.88. The van der Waals surface area contributed by atoms with E-state index in [1.807, 2.05) is 0 Å². The summed E-state index contributed by atoms with van der Waals surface area (Å²) in [7, 11) is 0. The highest BCUT2D eigenvalue weighted by molar-refractivity contribution is 5.95. The number of nitrogens with zero attached hydrogens (tertiary/aromatic N) is 1. The third-order valence-corrected chi connectivity index (χ3v) is 3.05. The van der Waals surface area contributed by atoms with Crippen LogP contribution in [0.25, 0.3) is 0 Å². The fourth-order valence-corrected chi connectivity index (χ4v) is 2.03. The molecular weight excluding hydrogens is 251 g/mol. The number of hydrogen-bond donors (Lipinski definition) is 3. The van der Waals surface area contributed by atoms with E-state index in [9.17, 15) is 9.18 Å². The number of nitrogens with one attached hydrogen (secondary N) is 2. The molecule has 6 nitrogen and oxygen atoms in total. The summed E-state index contributed by atoms with van der Waals surface area (Å²) >= 11 is 0. The highest BCUT2D eigenvalue weighted by atomic mass is 19.1. The Labute approximate surface area is 110 Å². The number of halogens is 1. The van der Waals surface area contributed by atoms with Crippen LogP contribution in [-0.4, -0.2) is 30.1 Å². The molecular formula is C12H17FN4O2. The van der Waals surface area contributed by atoms with Crippen molar-refractivity contribution in [2.75, 3.05) is 18.6 Å². The lowest BCUT2D eigenvalue weighted by atomic mass is 10.2. The van der Waals surface area contributed by atoms with E-state index in [1.165, 1.54) is 12.3 Å². The average Bonchev–Trinajstić information content (AvgIpc) is 2.92. The van der Waals surface area contributed by atoms with Crippen molar-refractivity contribution >= 4 is 11.7 Å². The summed E-state index contributed by atoms with van der Waals surface area (Å²) in [4.78, 5) is 15.5. The van der Waals surface area contributed by atoms with Gasteiger partial charge in [0.1, 0.15) is 0 Å². The van der Waals surface area contributed by atoms with Gasteiger partial charge in [0.2, 0.25) is 0 Å². The maximum absolute atomic E-state index is 13.8. The van der Waals surface area contributed by atoms with Gasteiger partial charge in [-0.15, -0.1) is 0 Å². The SMILES string of the molecule is NNc1nccc(C(=O)NCCC2CCCO2)c1F. The molecule has 0 radical (unpaired) electrons. The maximum atomic E-state index is 13.8. The van der Waals surface area contributed by atoms with Crippen molar-refractivity contribution in [2.24, 2.45) is 5.84 Å². The molecule has 1 atom stereocenters. The molecule has 1 aliphatic rings. The molecule has 7 heteroatoms. The smallest absolute Gasteiger partial charge is 0.254 e. The largest absolute Gasteiger partial charge is 0.378 e. The van der Waals surface area contributed by atoms with Crippen LogP contribution in [0.5, 0.6) is 0 Å². The van der Waals surface area contributed by atoms with Crippen LogP contribution < -0.4 is 16.6 Å². The summed E-state index contributed by atoms with van der Waals surface area (Å²) in [6.07, 6.45) is 4.33. The maximum Gasteiger partial charge on any atom is 0.254 e. The van der Waals surface area contributed by atoms with Gasteiger partial charge in [0, 0.05) is 19.3 Å². The summed E-state index contributed by atoms with van der Waals surface area (Å²) in [6.45, 7) is 1.24. The number of hydrazine groups is 1. The van der Waals surface area contributed by atoms with Crippen molar-refractivity contribution in [1.29, 1.82) is 0 Å². The van der Waals surface area contributed by atoms with Crippen molar-refractivity contribution in [3.8, 4) is 0 Å². The van der Waals surface area contributed by atoms with Crippen LogP contribution in [0.4, 0.5) is 10.2 Å². The highest BCUT2D eigenvalue weighted by Crippen LogP contribution is 2.15. The first-order valence-electron chi connectivity index (χ1n) is 6.23. The zero-order chi connectivity index (χ0) is 13.7. The van der Waals surface area contributed by atoms with Crippen molar-refractivity contribution in [3.05, 3.63) is 23.6 Å². The summed E-state index contributed by atoms with van der Waals surface area (Å²) < 4.78 is 19.2. The molecule has 0 aliphatic carbocycles. The van der Waals surface area contributed by atoms with Crippen LogP contribution in [0.3, 0.4) is 0 Å². The number of nitrogens with two attached hydrogens (primary N) is 1. The molecule has 0 bridgehead atoms. The monoisotopic (exact) mass is 268 g/mol. The van der Waals surface area contributed by atoms with Crippen LogP contribution in [0.1, 0.15) is 29.6 Å². The van der Waals surface area contributed by atoms with Crippen LogP contribution in [-0.2, 0) is 4.74 Å². The minimum atomic E-state index is -0.750. The summed E-state index contributed by atoms with van der Waals surface area (Å²) in [5.41, 5.74) is 2.03. The van der Waals surface area contributed by atoms with E-state index in [0.29, 0.717) is 6.54 Å². The number of hydrogen-bond acceptors (Lipinski definition) is 5. The predicted octanol–water partition coefficient (Wildman–Crippen LogP) is 0.805. The van der Waals surface area contributed by atoms with E-state index in [0.717, 1.165) is 25.9 Å². The third-order valence-electron chi connectivity index (χ3n) is 3.05. The zero-order valence-corrected chi connectivity index (χ0v) is 10.5. The molecule has 1 aromatic heterocycles. The van der Waals surface area contributed by atoms with Gasteiger partial charge < -0.3 is 15.5 Å². The van der Waals surface area contributed by atoms with E-state index >= 15 is 0 Å². The molecule has 2 rings (SSSR count). The third kappa shape index (κ3) is 3.39. The van der Waals surface area contributed by atoms with Gasteiger partial charge in [-0.3, -0.25) is 4.79 Å². The van der Waals surface area contributed by atoms with Gasteiger partial charge in [0.15, 0.2) is 11.6 Å². The number of anilines is 1. The van der Waals surface area contributed by atoms with E-state index in [4.69, 9.17) is 10.6 Å². The Morgan fingerprint density at radius 3 is 3.16 bits per heavy atom. The topological polar surface area (TPSA) is 89.3 Å². The molecule has 1 fully saturated rings. The number of carbonyl (C=O) groups excluding carboxylic acids is 1. The lowest BCUT2D eigenvalue weighted by Gasteiger charge is -2.11. The first-order valence-corrected chi connectivity index (χ1v) is 6.23. The standard InChI is InChI=1S/C12H17FN4O2/c13-10-9(4-6-15-11(10)17-14)12(18)16-5-3-8-2-1-7-19-8/h4,6,8H,1-3,5,7,14H2,(H,15,17)(H,16,18). The van der Waals surface area contributed by atoms with Gasteiger partial charge >= 0.3 is 0 Å². The van der Waals surface area contributed by atoms with Crippen molar-refractivity contribution in [1.82, 2.24) is 10.3 Å². The Kier molecular flexibility index (Phi) is 4.64. The van der Waals surface area contributed by atoms with Crippen molar-refractivity contribution < 1.29 is 13.9 Å². The molecule has 104 valence electrons. The highest BCUT2D eigenvalue weighted by Gasteiger charge is 2.18. The number of amides is 1. The van der Waals surface area contributed by atoms with E-state index in [1.54, 1.807) is 0 Å². The first kappa shape index (κ1) is 13.7. The molecule has 1 unspecified atom stereocenters. The number of aromatic nitrogens is 1. The number of rotatable bonds is 5. The molecule has 4 N–H and O–H groups in total. The Hall–Kier alpha value is -1.73. The molecule has 1 aromatic rings. The van der Waals surface area contributed by atoms with Gasteiger partial charge in [-0.25, -0.2) is 15.2 Å². The molecule has 2 heterocycles. The second kappa shape index (κ2) is 6.44. The van der Waals surface area contributed by atoms with E-state index in [-0.39, 0.29) is 17.5 Å². The molecule has 19 heavy (non-hydrogen) atoms. The number of carbonyl (C=O) groups is 1.